The van der Waals surface area contributed by atoms with Crippen molar-refractivity contribution >= 4 is 0 Å². The zero-order chi connectivity index (χ0) is 10.3. The Hall–Kier alpha value is -1.32. The quantitative estimate of drug-likeness (QED) is 0.703. The molecular weight excluding hydrogens is 168 g/mol. The summed E-state index contributed by atoms with van der Waals surface area (Å²) in [4.78, 5) is 7.90. The average molecular weight is 184 g/mol. The zero-order valence-corrected chi connectivity index (χ0v) is 8.79. The zero-order valence-electron chi connectivity index (χ0n) is 8.79. The van der Waals surface area contributed by atoms with Crippen LogP contribution < -0.4 is 9.47 Å². The summed E-state index contributed by atoms with van der Waals surface area (Å²) in [6, 6.07) is 2.07. The van der Waals surface area contributed by atoms with Crippen LogP contribution in [-0.4, -0.2) is 24.2 Å². The standard InChI is InChI=1S/C7H10N2O2.C2H6/c1-5-4-6(10-2)9-7(8-5)11-3;1-2/h4H,1-3H3;1-2H3. The lowest BCUT2D eigenvalue weighted by Crippen LogP contribution is -1.96. The largest absolute Gasteiger partial charge is 0.481 e. The van der Waals surface area contributed by atoms with Gasteiger partial charge in [0.1, 0.15) is 0 Å². The first-order valence-electron chi connectivity index (χ1n) is 4.20. The van der Waals surface area contributed by atoms with Crippen molar-refractivity contribution in [3.8, 4) is 11.9 Å². The second-order valence-corrected chi connectivity index (χ2v) is 2.04. The lowest BCUT2D eigenvalue weighted by molar-refractivity contribution is 0.351. The summed E-state index contributed by atoms with van der Waals surface area (Å²) in [6.07, 6.45) is 0. The van der Waals surface area contributed by atoms with Gasteiger partial charge in [0.25, 0.3) is 0 Å². The van der Waals surface area contributed by atoms with Crippen molar-refractivity contribution in [3.05, 3.63) is 11.8 Å². The Bertz CT molecular complexity index is 229. The van der Waals surface area contributed by atoms with Gasteiger partial charge in [-0.05, 0) is 6.92 Å². The van der Waals surface area contributed by atoms with Crippen molar-refractivity contribution in [3.63, 3.8) is 0 Å². The molecule has 0 aliphatic carbocycles. The minimum absolute atomic E-state index is 0.335. The van der Waals surface area contributed by atoms with Gasteiger partial charge in [-0.25, -0.2) is 4.98 Å². The molecule has 74 valence electrons. The predicted molar refractivity (Wildman–Crippen MR) is 51.2 cm³/mol. The van der Waals surface area contributed by atoms with E-state index in [4.69, 9.17) is 9.47 Å². The first-order valence-corrected chi connectivity index (χ1v) is 4.20. The summed E-state index contributed by atoms with van der Waals surface area (Å²) < 4.78 is 9.74. The highest BCUT2D eigenvalue weighted by molar-refractivity contribution is 5.17. The molecule has 0 spiro atoms. The Balaban J connectivity index is 0.000000671. The van der Waals surface area contributed by atoms with Crippen LogP contribution >= 0.6 is 0 Å². The van der Waals surface area contributed by atoms with Gasteiger partial charge in [-0.1, -0.05) is 13.8 Å². The fourth-order valence-electron chi connectivity index (χ4n) is 0.709. The molecule has 0 unspecified atom stereocenters. The van der Waals surface area contributed by atoms with Crippen molar-refractivity contribution in [1.29, 1.82) is 0 Å². The topological polar surface area (TPSA) is 44.2 Å². The Morgan fingerprint density at radius 3 is 2.15 bits per heavy atom. The second-order valence-electron chi connectivity index (χ2n) is 2.04. The molecule has 4 nitrogen and oxygen atoms in total. The summed E-state index contributed by atoms with van der Waals surface area (Å²) in [6.45, 7) is 5.85. The average Bonchev–Trinajstić information content (AvgIpc) is 2.20. The first-order chi connectivity index (χ1) is 6.26. The highest BCUT2D eigenvalue weighted by Gasteiger charge is 1.99. The molecule has 0 aromatic carbocycles. The molecule has 0 N–H and O–H groups in total. The summed E-state index contributed by atoms with van der Waals surface area (Å²) >= 11 is 0. The smallest absolute Gasteiger partial charge is 0.319 e. The van der Waals surface area contributed by atoms with Crippen molar-refractivity contribution in [2.75, 3.05) is 14.2 Å². The number of hydrogen-bond donors (Lipinski definition) is 0. The molecule has 0 atom stereocenters. The predicted octanol–water partition coefficient (Wildman–Crippen LogP) is 1.83. The SMILES string of the molecule is CC.COc1cc(C)nc(OC)n1. The van der Waals surface area contributed by atoms with Gasteiger partial charge in [0, 0.05) is 11.8 Å². The van der Waals surface area contributed by atoms with Crippen LogP contribution in [0.25, 0.3) is 0 Å². The number of nitrogens with zero attached hydrogens (tertiary/aromatic N) is 2. The Morgan fingerprint density at radius 1 is 1.08 bits per heavy atom. The Labute approximate surface area is 78.9 Å². The molecule has 13 heavy (non-hydrogen) atoms. The molecule has 0 fully saturated rings. The second kappa shape index (κ2) is 6.22. The van der Waals surface area contributed by atoms with E-state index < -0.39 is 0 Å². The van der Waals surface area contributed by atoms with E-state index >= 15 is 0 Å². The normalized spacial score (nSPS) is 8.38. The third-order valence-corrected chi connectivity index (χ3v) is 1.20. The van der Waals surface area contributed by atoms with Crippen LogP contribution in [0.4, 0.5) is 0 Å². The highest BCUT2D eigenvalue weighted by Crippen LogP contribution is 2.11. The summed E-state index contributed by atoms with van der Waals surface area (Å²) in [5, 5.41) is 0. The summed E-state index contributed by atoms with van der Waals surface area (Å²) in [5.74, 6) is 0.523. The van der Waals surface area contributed by atoms with Gasteiger partial charge >= 0.3 is 6.01 Å². The fraction of sp³-hybridized carbons (Fsp3) is 0.556. The van der Waals surface area contributed by atoms with Gasteiger partial charge in [0.05, 0.1) is 14.2 Å². The fourth-order valence-corrected chi connectivity index (χ4v) is 0.709. The first kappa shape index (κ1) is 11.7. The van der Waals surface area contributed by atoms with Crippen LogP contribution in [0.2, 0.25) is 0 Å². The van der Waals surface area contributed by atoms with Crippen molar-refractivity contribution in [1.82, 2.24) is 9.97 Å². The molecule has 0 aliphatic heterocycles. The summed E-state index contributed by atoms with van der Waals surface area (Å²) in [7, 11) is 3.08. The maximum atomic E-state index is 4.91. The lowest BCUT2D eigenvalue weighted by Gasteiger charge is -2.01. The number of aromatic nitrogens is 2. The molecular formula is C9H16N2O2. The molecule has 1 rings (SSSR count). The number of ether oxygens (including phenoxy) is 2. The molecule has 0 bridgehead atoms. The van der Waals surface area contributed by atoms with Crippen LogP contribution in [0.3, 0.4) is 0 Å². The molecule has 1 heterocycles. The molecule has 0 radical (unpaired) electrons. The Morgan fingerprint density at radius 2 is 1.69 bits per heavy atom. The monoisotopic (exact) mass is 184 g/mol. The third kappa shape index (κ3) is 3.73. The minimum atomic E-state index is 0.335. The third-order valence-electron chi connectivity index (χ3n) is 1.20. The van der Waals surface area contributed by atoms with Gasteiger partial charge in [0.2, 0.25) is 5.88 Å². The van der Waals surface area contributed by atoms with E-state index in [2.05, 4.69) is 9.97 Å². The molecule has 1 aromatic rings. The number of hydrogen-bond acceptors (Lipinski definition) is 4. The van der Waals surface area contributed by atoms with E-state index in [1.165, 1.54) is 7.11 Å². The minimum Gasteiger partial charge on any atom is -0.481 e. The van der Waals surface area contributed by atoms with Gasteiger partial charge in [-0.15, -0.1) is 0 Å². The molecule has 0 saturated heterocycles. The van der Waals surface area contributed by atoms with Crippen LogP contribution in [0.15, 0.2) is 6.07 Å². The molecule has 0 aliphatic rings. The number of methoxy groups -OCH3 is 2. The molecule has 0 saturated carbocycles. The number of aryl methyl sites for hydroxylation is 1. The molecule has 0 amide bonds. The number of rotatable bonds is 2. The van der Waals surface area contributed by atoms with Crippen molar-refractivity contribution in [2.45, 2.75) is 20.8 Å². The van der Waals surface area contributed by atoms with Gasteiger partial charge < -0.3 is 9.47 Å². The highest BCUT2D eigenvalue weighted by atomic mass is 16.5. The van der Waals surface area contributed by atoms with E-state index in [9.17, 15) is 0 Å². The molecule has 4 heteroatoms. The van der Waals surface area contributed by atoms with E-state index in [1.807, 2.05) is 20.8 Å². The van der Waals surface area contributed by atoms with Crippen LogP contribution in [0, 0.1) is 6.92 Å². The van der Waals surface area contributed by atoms with Crippen molar-refractivity contribution in [2.24, 2.45) is 0 Å². The van der Waals surface area contributed by atoms with Crippen molar-refractivity contribution < 1.29 is 9.47 Å². The Kier molecular flexibility index (Phi) is 5.59. The van der Waals surface area contributed by atoms with E-state index in [-0.39, 0.29) is 0 Å². The molecule has 1 aromatic heterocycles. The van der Waals surface area contributed by atoms with Gasteiger partial charge in [0.15, 0.2) is 0 Å². The van der Waals surface area contributed by atoms with Crippen LogP contribution in [0.5, 0.6) is 11.9 Å². The maximum Gasteiger partial charge on any atom is 0.319 e. The van der Waals surface area contributed by atoms with Gasteiger partial charge in [-0.2, -0.15) is 4.98 Å². The van der Waals surface area contributed by atoms with Crippen LogP contribution in [0.1, 0.15) is 19.5 Å². The summed E-state index contributed by atoms with van der Waals surface area (Å²) in [5.41, 5.74) is 0.828. The van der Waals surface area contributed by atoms with E-state index in [0.29, 0.717) is 11.9 Å². The van der Waals surface area contributed by atoms with Crippen LogP contribution in [-0.2, 0) is 0 Å². The lowest BCUT2D eigenvalue weighted by atomic mass is 10.4. The maximum absolute atomic E-state index is 4.91. The van der Waals surface area contributed by atoms with E-state index in [1.54, 1.807) is 13.2 Å². The van der Waals surface area contributed by atoms with E-state index in [0.717, 1.165) is 5.69 Å². The van der Waals surface area contributed by atoms with Gasteiger partial charge in [-0.3, -0.25) is 0 Å².